The van der Waals surface area contributed by atoms with Gasteiger partial charge >= 0.3 is 5.63 Å². The molecule has 0 radical (unpaired) electrons. The zero-order valence-electron chi connectivity index (χ0n) is 16.5. The summed E-state index contributed by atoms with van der Waals surface area (Å²) in [5, 5.41) is 15.3. The highest BCUT2D eigenvalue weighted by Crippen LogP contribution is 2.29. The van der Waals surface area contributed by atoms with Crippen molar-refractivity contribution in [3.05, 3.63) is 69.6 Å². The lowest BCUT2D eigenvalue weighted by atomic mass is 10.0. The lowest BCUT2D eigenvalue weighted by molar-refractivity contribution is 0.102. The third-order valence-corrected chi connectivity index (χ3v) is 4.64. The first kappa shape index (κ1) is 20.1. The summed E-state index contributed by atoms with van der Waals surface area (Å²) < 4.78 is 10.9. The zero-order chi connectivity index (χ0) is 21.0. The van der Waals surface area contributed by atoms with Crippen LogP contribution in [0.1, 0.15) is 41.8 Å². The molecule has 2 N–H and O–H groups in total. The van der Waals surface area contributed by atoms with Gasteiger partial charge in [0.15, 0.2) is 0 Å². The summed E-state index contributed by atoms with van der Waals surface area (Å²) in [7, 11) is 1.57. The summed E-state index contributed by atoms with van der Waals surface area (Å²) in [6.45, 7) is 3.69. The number of amides is 1. The fraction of sp³-hybridized carbons (Fsp3) is 0.227. The van der Waals surface area contributed by atoms with Gasteiger partial charge in [0.2, 0.25) is 0 Å². The van der Waals surface area contributed by atoms with Crippen LogP contribution in [0.5, 0.6) is 5.75 Å². The van der Waals surface area contributed by atoms with E-state index in [1.807, 2.05) is 6.92 Å². The third-order valence-electron chi connectivity index (χ3n) is 4.64. The predicted octanol–water partition coefficient (Wildman–Crippen LogP) is 4.20. The number of carbonyl (C=O) groups is 1. The molecule has 0 spiro atoms. The van der Waals surface area contributed by atoms with Gasteiger partial charge in [0.05, 0.1) is 12.8 Å². The summed E-state index contributed by atoms with van der Waals surface area (Å²) in [6, 6.07) is 11.8. The van der Waals surface area contributed by atoms with Crippen LogP contribution in [0.15, 0.2) is 56.8 Å². The molecule has 1 amide bonds. The Hall–Kier alpha value is -3.61. The molecule has 0 aliphatic heterocycles. The molecule has 7 nitrogen and oxygen atoms in total. The Morgan fingerprint density at radius 3 is 2.55 bits per heavy atom. The molecule has 1 heterocycles. The first-order valence-electron chi connectivity index (χ1n) is 9.22. The second kappa shape index (κ2) is 8.60. The van der Waals surface area contributed by atoms with Gasteiger partial charge in [-0.25, -0.2) is 4.79 Å². The van der Waals surface area contributed by atoms with Crippen molar-refractivity contribution in [1.29, 1.82) is 0 Å². The number of oxime groups is 1. The fourth-order valence-corrected chi connectivity index (χ4v) is 3.11. The van der Waals surface area contributed by atoms with Gasteiger partial charge in [-0.15, -0.1) is 0 Å². The molecule has 1 aromatic heterocycles. The lowest BCUT2D eigenvalue weighted by Crippen LogP contribution is -2.21. The number of rotatable bonds is 6. The van der Waals surface area contributed by atoms with Crippen molar-refractivity contribution in [2.45, 2.75) is 26.7 Å². The summed E-state index contributed by atoms with van der Waals surface area (Å²) >= 11 is 0. The molecule has 7 heteroatoms. The summed E-state index contributed by atoms with van der Waals surface area (Å²) in [4.78, 5) is 25.1. The number of aryl methyl sites for hydroxylation is 1. The number of hydrogen-bond donors (Lipinski definition) is 2. The van der Waals surface area contributed by atoms with Gasteiger partial charge in [0, 0.05) is 16.6 Å². The van der Waals surface area contributed by atoms with Gasteiger partial charge < -0.3 is 19.7 Å². The Morgan fingerprint density at radius 2 is 1.93 bits per heavy atom. The van der Waals surface area contributed by atoms with E-state index in [0.29, 0.717) is 40.1 Å². The van der Waals surface area contributed by atoms with Crippen LogP contribution in [0, 0.1) is 0 Å². The van der Waals surface area contributed by atoms with E-state index in [1.165, 1.54) is 6.07 Å². The second-order valence-electron chi connectivity index (χ2n) is 6.58. The van der Waals surface area contributed by atoms with Crippen molar-refractivity contribution in [3.63, 3.8) is 0 Å². The molecule has 0 atom stereocenters. The Kier molecular flexibility index (Phi) is 5.97. The van der Waals surface area contributed by atoms with Crippen LogP contribution in [0.25, 0.3) is 11.0 Å². The number of methoxy groups -OCH3 is 1. The van der Waals surface area contributed by atoms with E-state index in [9.17, 15) is 9.59 Å². The molecule has 150 valence electrons. The minimum atomic E-state index is -0.708. The van der Waals surface area contributed by atoms with Gasteiger partial charge in [-0.2, -0.15) is 0 Å². The maximum atomic E-state index is 12.6. The molecule has 0 aliphatic rings. The van der Waals surface area contributed by atoms with E-state index >= 15 is 0 Å². The number of ether oxygens (including phenoxy) is 1. The standard InChI is InChI=1S/C22H22N2O5/c1-4-5-17-19(28-3)11-8-15-12-18(22(26)29-20(15)17)21(25)23-16-9-6-14(7-10-16)13(2)24-27/h6-12,27H,4-5H2,1-3H3,(H,23,25). The smallest absolute Gasteiger partial charge is 0.349 e. The molecule has 0 saturated heterocycles. The quantitative estimate of drug-likeness (QED) is 0.282. The first-order chi connectivity index (χ1) is 14.0. The fourth-order valence-electron chi connectivity index (χ4n) is 3.11. The number of anilines is 1. The number of fused-ring (bicyclic) bond motifs is 1. The topological polar surface area (TPSA) is 101 Å². The first-order valence-corrected chi connectivity index (χ1v) is 9.22. The van der Waals surface area contributed by atoms with E-state index in [4.69, 9.17) is 14.4 Å². The molecule has 0 bridgehead atoms. The van der Waals surface area contributed by atoms with Crippen LogP contribution >= 0.6 is 0 Å². The van der Waals surface area contributed by atoms with Crippen LogP contribution in [-0.2, 0) is 6.42 Å². The molecular formula is C22H22N2O5. The van der Waals surface area contributed by atoms with Crippen LogP contribution in [-0.4, -0.2) is 23.9 Å². The van der Waals surface area contributed by atoms with Crippen LogP contribution < -0.4 is 15.7 Å². The van der Waals surface area contributed by atoms with Crippen molar-refractivity contribution in [2.75, 3.05) is 12.4 Å². The van der Waals surface area contributed by atoms with E-state index in [0.717, 1.165) is 12.0 Å². The molecular weight excluding hydrogens is 372 g/mol. The Morgan fingerprint density at radius 1 is 1.21 bits per heavy atom. The summed E-state index contributed by atoms with van der Waals surface area (Å²) in [6.07, 6.45) is 1.55. The van der Waals surface area contributed by atoms with E-state index < -0.39 is 11.5 Å². The van der Waals surface area contributed by atoms with Crippen LogP contribution in [0.3, 0.4) is 0 Å². The Balaban J connectivity index is 1.94. The van der Waals surface area contributed by atoms with Crippen molar-refractivity contribution in [3.8, 4) is 5.75 Å². The van der Waals surface area contributed by atoms with Gasteiger partial charge in [0.1, 0.15) is 16.9 Å². The lowest BCUT2D eigenvalue weighted by Gasteiger charge is -2.11. The van der Waals surface area contributed by atoms with Gasteiger partial charge in [-0.05, 0) is 49.2 Å². The third kappa shape index (κ3) is 4.13. The van der Waals surface area contributed by atoms with Crippen molar-refractivity contribution in [1.82, 2.24) is 0 Å². The predicted molar refractivity (Wildman–Crippen MR) is 111 cm³/mol. The number of carbonyl (C=O) groups excluding carboxylic acids is 1. The average Bonchev–Trinajstić information content (AvgIpc) is 2.73. The van der Waals surface area contributed by atoms with E-state index in [-0.39, 0.29) is 5.56 Å². The van der Waals surface area contributed by atoms with E-state index in [2.05, 4.69) is 10.5 Å². The number of hydrogen-bond acceptors (Lipinski definition) is 6. The highest BCUT2D eigenvalue weighted by Gasteiger charge is 2.17. The number of nitrogens with one attached hydrogen (secondary N) is 1. The molecule has 29 heavy (non-hydrogen) atoms. The maximum Gasteiger partial charge on any atom is 0.349 e. The van der Waals surface area contributed by atoms with Crippen LogP contribution in [0.4, 0.5) is 5.69 Å². The summed E-state index contributed by atoms with van der Waals surface area (Å²) in [5.41, 5.74) is 2.14. The maximum absolute atomic E-state index is 12.6. The highest BCUT2D eigenvalue weighted by molar-refractivity contribution is 6.06. The Labute approximate surface area is 167 Å². The number of benzene rings is 2. The Bertz CT molecular complexity index is 1130. The van der Waals surface area contributed by atoms with E-state index in [1.54, 1.807) is 50.4 Å². The van der Waals surface area contributed by atoms with Crippen molar-refractivity contribution < 1.29 is 19.2 Å². The normalized spacial score (nSPS) is 11.5. The van der Waals surface area contributed by atoms with Crippen molar-refractivity contribution >= 4 is 28.3 Å². The minimum Gasteiger partial charge on any atom is -0.496 e. The largest absolute Gasteiger partial charge is 0.496 e. The molecule has 3 rings (SSSR count). The highest BCUT2D eigenvalue weighted by atomic mass is 16.5. The van der Waals surface area contributed by atoms with Gasteiger partial charge in [-0.1, -0.05) is 30.6 Å². The van der Waals surface area contributed by atoms with Gasteiger partial charge in [0.25, 0.3) is 5.91 Å². The molecule has 2 aromatic carbocycles. The minimum absolute atomic E-state index is 0.0812. The zero-order valence-corrected chi connectivity index (χ0v) is 16.5. The SMILES string of the molecule is CCCc1c(OC)ccc2cc(C(=O)Nc3ccc(C(C)=NO)cc3)c(=O)oc12. The van der Waals surface area contributed by atoms with Crippen molar-refractivity contribution in [2.24, 2.45) is 5.16 Å². The van der Waals surface area contributed by atoms with Crippen LogP contribution in [0.2, 0.25) is 0 Å². The average molecular weight is 394 g/mol. The molecule has 0 unspecified atom stereocenters. The summed E-state index contributed by atoms with van der Waals surface area (Å²) in [5.74, 6) is 0.0929. The monoisotopic (exact) mass is 394 g/mol. The second-order valence-corrected chi connectivity index (χ2v) is 6.58. The molecule has 0 aliphatic carbocycles. The molecule has 0 fully saturated rings. The molecule has 3 aromatic rings. The van der Waals surface area contributed by atoms with Gasteiger partial charge in [-0.3, -0.25) is 4.79 Å². The molecule has 0 saturated carbocycles. The number of nitrogens with zero attached hydrogens (tertiary/aromatic N) is 1.